The van der Waals surface area contributed by atoms with Crippen molar-refractivity contribution < 1.29 is 19.4 Å². The van der Waals surface area contributed by atoms with Crippen LogP contribution in [0.1, 0.15) is 34.0 Å². The fourth-order valence-corrected chi connectivity index (χ4v) is 4.35. The highest BCUT2D eigenvalue weighted by atomic mass is 35.5. The predicted molar refractivity (Wildman–Crippen MR) is 119 cm³/mol. The van der Waals surface area contributed by atoms with Crippen molar-refractivity contribution in [2.75, 3.05) is 11.5 Å². The zero-order valence-corrected chi connectivity index (χ0v) is 17.8. The van der Waals surface area contributed by atoms with Crippen molar-refractivity contribution >= 4 is 34.9 Å². The first-order valence-corrected chi connectivity index (χ1v) is 10.2. The molecule has 0 saturated carbocycles. The number of ether oxygens (including phenoxy) is 1. The highest BCUT2D eigenvalue weighted by Crippen LogP contribution is 2.49. The predicted octanol–water partition coefficient (Wildman–Crippen LogP) is 4.63. The van der Waals surface area contributed by atoms with Gasteiger partial charge < -0.3 is 15.6 Å². The Morgan fingerprint density at radius 2 is 1.84 bits per heavy atom. The van der Waals surface area contributed by atoms with Crippen LogP contribution in [0, 0.1) is 6.92 Å². The van der Waals surface area contributed by atoms with E-state index in [1.807, 2.05) is 6.92 Å². The lowest BCUT2D eigenvalue weighted by Gasteiger charge is -2.26. The Morgan fingerprint density at radius 1 is 1.10 bits per heavy atom. The molecule has 1 unspecified atom stereocenters. The smallest absolute Gasteiger partial charge is 0.336 e. The van der Waals surface area contributed by atoms with Crippen molar-refractivity contribution in [3.05, 3.63) is 87.9 Å². The first-order chi connectivity index (χ1) is 14.8. The minimum Gasteiger partial charge on any atom is -0.494 e. The SMILES string of the molecule is CCOc1ccc2c(c1)C(N)(c1ccccc1Cl)C(=O)N2c1cccc(C(=O)O)c1C. The zero-order valence-electron chi connectivity index (χ0n) is 17.1. The molecule has 31 heavy (non-hydrogen) atoms. The molecule has 3 aromatic rings. The summed E-state index contributed by atoms with van der Waals surface area (Å²) in [5, 5.41) is 9.91. The lowest BCUT2D eigenvalue weighted by atomic mass is 9.84. The van der Waals surface area contributed by atoms with E-state index < -0.39 is 17.4 Å². The van der Waals surface area contributed by atoms with Gasteiger partial charge in [-0.15, -0.1) is 0 Å². The minimum atomic E-state index is -1.56. The van der Waals surface area contributed by atoms with Gasteiger partial charge in [-0.2, -0.15) is 0 Å². The number of carbonyl (C=O) groups is 2. The third-order valence-electron chi connectivity index (χ3n) is 5.56. The second kappa shape index (κ2) is 7.72. The Bertz CT molecular complexity index is 1210. The Balaban J connectivity index is 2.00. The summed E-state index contributed by atoms with van der Waals surface area (Å²) in [6, 6.07) is 17.0. The molecule has 1 aliphatic heterocycles. The Labute approximate surface area is 184 Å². The highest BCUT2D eigenvalue weighted by molar-refractivity contribution is 6.32. The van der Waals surface area contributed by atoms with Crippen LogP contribution in [0.4, 0.5) is 11.4 Å². The van der Waals surface area contributed by atoms with Crippen LogP contribution in [0.5, 0.6) is 5.75 Å². The number of benzene rings is 3. The van der Waals surface area contributed by atoms with E-state index in [4.69, 9.17) is 22.1 Å². The van der Waals surface area contributed by atoms with E-state index >= 15 is 0 Å². The van der Waals surface area contributed by atoms with E-state index in [9.17, 15) is 14.7 Å². The number of amides is 1. The van der Waals surface area contributed by atoms with Crippen LogP contribution in [0.3, 0.4) is 0 Å². The number of fused-ring (bicyclic) bond motifs is 1. The van der Waals surface area contributed by atoms with Gasteiger partial charge in [0.2, 0.25) is 0 Å². The van der Waals surface area contributed by atoms with E-state index in [2.05, 4.69) is 0 Å². The van der Waals surface area contributed by atoms with Crippen LogP contribution in [0.2, 0.25) is 5.02 Å². The maximum Gasteiger partial charge on any atom is 0.336 e. The first kappa shape index (κ1) is 20.9. The van der Waals surface area contributed by atoms with Gasteiger partial charge in [0.05, 0.1) is 23.5 Å². The molecule has 1 heterocycles. The molecule has 0 fully saturated rings. The molecule has 4 rings (SSSR count). The summed E-state index contributed by atoms with van der Waals surface area (Å²) in [5.74, 6) is -0.910. The van der Waals surface area contributed by atoms with Crippen LogP contribution in [-0.2, 0) is 10.3 Å². The number of anilines is 2. The van der Waals surface area contributed by atoms with Crippen LogP contribution < -0.4 is 15.4 Å². The summed E-state index contributed by atoms with van der Waals surface area (Å²) in [6.45, 7) is 4.00. The summed E-state index contributed by atoms with van der Waals surface area (Å²) in [7, 11) is 0. The number of hydrogen-bond acceptors (Lipinski definition) is 4. The minimum absolute atomic E-state index is 0.116. The molecule has 6 nitrogen and oxygen atoms in total. The highest BCUT2D eigenvalue weighted by Gasteiger charge is 2.51. The van der Waals surface area contributed by atoms with Crippen molar-refractivity contribution in [3.63, 3.8) is 0 Å². The van der Waals surface area contributed by atoms with Gasteiger partial charge in [-0.3, -0.25) is 9.69 Å². The number of halogens is 1. The van der Waals surface area contributed by atoms with Gasteiger partial charge in [-0.05, 0) is 55.8 Å². The first-order valence-electron chi connectivity index (χ1n) is 9.79. The molecule has 0 radical (unpaired) electrons. The molecule has 1 aliphatic rings. The average molecular weight is 437 g/mol. The van der Waals surface area contributed by atoms with E-state index in [0.29, 0.717) is 45.4 Å². The molecule has 3 aromatic carbocycles. The molecule has 1 atom stereocenters. The van der Waals surface area contributed by atoms with Crippen molar-refractivity contribution in [2.24, 2.45) is 5.73 Å². The summed E-state index contributed by atoms with van der Waals surface area (Å²) in [6.07, 6.45) is 0. The number of aromatic carboxylic acids is 1. The fourth-order valence-electron chi connectivity index (χ4n) is 4.06. The van der Waals surface area contributed by atoms with Crippen molar-refractivity contribution in [1.29, 1.82) is 0 Å². The average Bonchev–Trinajstić information content (AvgIpc) is 2.96. The molecule has 7 heteroatoms. The van der Waals surface area contributed by atoms with Gasteiger partial charge in [0.25, 0.3) is 5.91 Å². The summed E-state index contributed by atoms with van der Waals surface area (Å²) in [5.41, 5.74) is 7.86. The maximum atomic E-state index is 13.9. The summed E-state index contributed by atoms with van der Waals surface area (Å²) >= 11 is 6.46. The molecule has 1 amide bonds. The molecular weight excluding hydrogens is 416 g/mol. The van der Waals surface area contributed by atoms with Gasteiger partial charge in [-0.25, -0.2) is 4.79 Å². The van der Waals surface area contributed by atoms with Crippen LogP contribution >= 0.6 is 11.6 Å². The molecule has 0 saturated heterocycles. The van der Waals surface area contributed by atoms with Gasteiger partial charge in [0.15, 0.2) is 5.54 Å². The Hall–Kier alpha value is -3.35. The molecule has 158 valence electrons. The van der Waals surface area contributed by atoms with Crippen LogP contribution in [0.25, 0.3) is 0 Å². The van der Waals surface area contributed by atoms with Crippen LogP contribution in [-0.4, -0.2) is 23.6 Å². The van der Waals surface area contributed by atoms with Crippen LogP contribution in [0.15, 0.2) is 60.7 Å². The second-order valence-corrected chi connectivity index (χ2v) is 7.70. The molecule has 0 bridgehead atoms. The standard InChI is InChI=1S/C24H21ClN2O4/c1-3-31-15-11-12-21-18(13-15)24(26,17-8-4-5-9-19(17)25)23(30)27(21)20-10-6-7-16(14(20)2)22(28)29/h4-13H,3,26H2,1-2H3,(H,28,29). The topological polar surface area (TPSA) is 92.9 Å². The van der Waals surface area contributed by atoms with Gasteiger partial charge in [0, 0.05) is 16.1 Å². The second-order valence-electron chi connectivity index (χ2n) is 7.30. The molecule has 0 aliphatic carbocycles. The number of carbonyl (C=O) groups excluding carboxylic acids is 1. The molecule has 3 N–H and O–H groups in total. The van der Waals surface area contributed by atoms with Crippen molar-refractivity contribution in [2.45, 2.75) is 19.4 Å². The third-order valence-corrected chi connectivity index (χ3v) is 5.89. The van der Waals surface area contributed by atoms with Gasteiger partial charge >= 0.3 is 5.97 Å². The molecule has 0 aromatic heterocycles. The maximum absolute atomic E-state index is 13.9. The number of hydrogen-bond donors (Lipinski definition) is 2. The van der Waals surface area contributed by atoms with Crippen molar-refractivity contribution in [3.8, 4) is 5.75 Å². The fraction of sp³-hybridized carbons (Fsp3) is 0.167. The number of rotatable bonds is 5. The Morgan fingerprint density at radius 3 is 2.52 bits per heavy atom. The summed E-state index contributed by atoms with van der Waals surface area (Å²) < 4.78 is 5.64. The number of carboxylic acid groups (broad SMARTS) is 1. The van der Waals surface area contributed by atoms with Gasteiger partial charge in [0.1, 0.15) is 5.75 Å². The van der Waals surface area contributed by atoms with E-state index in [1.54, 1.807) is 61.5 Å². The lowest BCUT2D eigenvalue weighted by molar-refractivity contribution is -0.121. The monoisotopic (exact) mass is 436 g/mol. The quantitative estimate of drug-likeness (QED) is 0.608. The van der Waals surface area contributed by atoms with E-state index in [-0.39, 0.29) is 5.56 Å². The number of nitrogens with two attached hydrogens (primary N) is 1. The largest absolute Gasteiger partial charge is 0.494 e. The molecule has 0 spiro atoms. The molecular formula is C24H21ClN2O4. The van der Waals surface area contributed by atoms with E-state index in [1.165, 1.54) is 11.0 Å². The van der Waals surface area contributed by atoms with Gasteiger partial charge in [-0.1, -0.05) is 35.9 Å². The Kier molecular flexibility index (Phi) is 5.21. The van der Waals surface area contributed by atoms with E-state index in [0.717, 1.165) is 0 Å². The normalized spacial score (nSPS) is 17.5. The zero-order chi connectivity index (χ0) is 22.3. The third kappa shape index (κ3) is 3.15. The number of nitrogens with zero attached hydrogens (tertiary/aromatic N) is 1. The number of carboxylic acids is 1. The summed E-state index contributed by atoms with van der Waals surface area (Å²) in [4.78, 5) is 27.0. The lowest BCUT2D eigenvalue weighted by Crippen LogP contribution is -2.47. The van der Waals surface area contributed by atoms with Crippen molar-refractivity contribution in [1.82, 2.24) is 0 Å².